The first-order chi connectivity index (χ1) is 7.43. The van der Waals surface area contributed by atoms with Crippen LogP contribution in [0.2, 0.25) is 0 Å². The maximum absolute atomic E-state index is 11.2. The minimum atomic E-state index is -0.218. The fourth-order valence-electron chi connectivity index (χ4n) is 1.38. The number of esters is 1. The zero-order valence-corrected chi connectivity index (χ0v) is 12.6. The summed E-state index contributed by atoms with van der Waals surface area (Å²) < 4.78 is 5.41. The van der Waals surface area contributed by atoms with Crippen LogP contribution in [0.5, 0.6) is 0 Å². The van der Waals surface area contributed by atoms with Crippen molar-refractivity contribution in [2.24, 2.45) is 16.7 Å². The number of hydrogen-bond acceptors (Lipinski definition) is 2. The molecule has 17 heavy (non-hydrogen) atoms. The molecule has 0 aromatic rings. The molecule has 0 aromatic heterocycles. The Bertz CT molecular complexity index is 276. The summed E-state index contributed by atoms with van der Waals surface area (Å²) >= 11 is 0. The Morgan fingerprint density at radius 3 is 1.88 bits per heavy atom. The van der Waals surface area contributed by atoms with Gasteiger partial charge >= 0.3 is 5.97 Å². The topological polar surface area (TPSA) is 26.3 Å². The van der Waals surface area contributed by atoms with Crippen LogP contribution in [-0.4, -0.2) is 12.1 Å². The predicted octanol–water partition coefficient (Wildman–Crippen LogP) is 4.20. The van der Waals surface area contributed by atoms with Crippen LogP contribution in [0.4, 0.5) is 0 Å². The van der Waals surface area contributed by atoms with Gasteiger partial charge in [0.15, 0.2) is 0 Å². The molecular weight excluding hydrogens is 212 g/mol. The Labute approximate surface area is 106 Å². The molecule has 0 N–H and O–H groups in total. The van der Waals surface area contributed by atoms with Crippen LogP contribution in [0.1, 0.15) is 55.4 Å². The van der Waals surface area contributed by atoms with Gasteiger partial charge in [-0.15, -0.1) is 0 Å². The third-order valence-corrected chi connectivity index (χ3v) is 2.95. The Hall–Kier alpha value is -0.790. The highest BCUT2D eigenvalue weighted by molar-refractivity contribution is 5.66. The second kappa shape index (κ2) is 5.70. The number of carbonyl (C=O) groups excluding carboxylic acids is 1. The first-order valence-corrected chi connectivity index (χ1v) is 6.30. The summed E-state index contributed by atoms with van der Waals surface area (Å²) in [6.45, 7) is 16.5. The number of carbonyl (C=O) groups is 1. The first-order valence-electron chi connectivity index (χ1n) is 6.30. The quantitative estimate of drug-likeness (QED) is 0.546. The molecule has 0 heterocycles. The summed E-state index contributed by atoms with van der Waals surface area (Å²) in [6.07, 6.45) is 3.99. The zero-order valence-electron chi connectivity index (χ0n) is 12.6. The van der Waals surface area contributed by atoms with Gasteiger partial charge in [-0.25, -0.2) is 0 Å². The average Bonchev–Trinajstić information content (AvgIpc) is 2.07. The van der Waals surface area contributed by atoms with E-state index in [1.807, 2.05) is 6.08 Å². The van der Waals surface area contributed by atoms with Crippen molar-refractivity contribution in [1.29, 1.82) is 0 Å². The molecular formula is C15H28O2. The molecule has 0 aliphatic heterocycles. The van der Waals surface area contributed by atoms with Gasteiger partial charge in [-0.3, -0.25) is 4.79 Å². The first kappa shape index (κ1) is 16.2. The van der Waals surface area contributed by atoms with E-state index in [0.29, 0.717) is 0 Å². The number of hydrogen-bond donors (Lipinski definition) is 0. The molecule has 0 bridgehead atoms. The summed E-state index contributed by atoms with van der Waals surface area (Å²) in [5.41, 5.74) is 0.221. The third-order valence-electron chi connectivity index (χ3n) is 2.95. The molecule has 0 saturated heterocycles. The van der Waals surface area contributed by atoms with Crippen LogP contribution in [0, 0.1) is 16.7 Å². The molecule has 0 amide bonds. The molecule has 2 nitrogen and oxygen atoms in total. The van der Waals surface area contributed by atoms with Crippen molar-refractivity contribution in [3.63, 3.8) is 0 Å². The lowest BCUT2D eigenvalue weighted by Crippen LogP contribution is -2.32. The molecule has 2 heteroatoms. The van der Waals surface area contributed by atoms with Gasteiger partial charge in [0.2, 0.25) is 0 Å². The van der Waals surface area contributed by atoms with E-state index in [4.69, 9.17) is 4.74 Å². The lowest BCUT2D eigenvalue weighted by molar-refractivity contribution is -0.147. The SMILES string of the molecule is CC(=O)OC(C=CC(C)(C)C)[C@H](C)C(C)(C)C. The second-order valence-corrected chi connectivity index (χ2v) is 6.95. The second-order valence-electron chi connectivity index (χ2n) is 6.95. The third kappa shape index (κ3) is 7.19. The van der Waals surface area contributed by atoms with Gasteiger partial charge in [-0.1, -0.05) is 54.5 Å². The number of rotatable bonds is 3. The van der Waals surface area contributed by atoms with Crippen molar-refractivity contribution in [3.8, 4) is 0 Å². The highest BCUT2D eigenvalue weighted by Gasteiger charge is 2.29. The van der Waals surface area contributed by atoms with E-state index in [9.17, 15) is 4.79 Å². The van der Waals surface area contributed by atoms with Gasteiger partial charge in [-0.05, 0) is 16.9 Å². The molecule has 0 aromatic carbocycles. The predicted molar refractivity (Wildman–Crippen MR) is 72.8 cm³/mol. The van der Waals surface area contributed by atoms with Crippen LogP contribution in [0.15, 0.2) is 12.2 Å². The Morgan fingerprint density at radius 2 is 1.59 bits per heavy atom. The van der Waals surface area contributed by atoms with E-state index in [1.165, 1.54) is 6.92 Å². The van der Waals surface area contributed by atoms with E-state index in [2.05, 4.69) is 54.5 Å². The monoisotopic (exact) mass is 240 g/mol. The Kier molecular flexibility index (Phi) is 5.44. The largest absolute Gasteiger partial charge is 0.458 e. The summed E-state index contributed by atoms with van der Waals surface area (Å²) in [4.78, 5) is 11.2. The molecule has 0 rings (SSSR count). The van der Waals surface area contributed by atoms with E-state index < -0.39 is 0 Å². The van der Waals surface area contributed by atoms with Crippen LogP contribution >= 0.6 is 0 Å². The van der Waals surface area contributed by atoms with Crippen molar-refractivity contribution in [2.45, 2.75) is 61.5 Å². The van der Waals surface area contributed by atoms with E-state index in [0.717, 1.165) is 0 Å². The van der Waals surface area contributed by atoms with Gasteiger partial charge in [0.05, 0.1) is 0 Å². The van der Waals surface area contributed by atoms with Gasteiger partial charge in [-0.2, -0.15) is 0 Å². The fourth-order valence-corrected chi connectivity index (χ4v) is 1.38. The normalized spacial score (nSPS) is 16.9. The molecule has 100 valence electrons. The summed E-state index contributed by atoms with van der Waals surface area (Å²) in [6, 6.07) is 0. The summed E-state index contributed by atoms with van der Waals surface area (Å²) in [5, 5.41) is 0. The molecule has 0 radical (unpaired) electrons. The van der Waals surface area contributed by atoms with Gasteiger partial charge in [0.1, 0.15) is 6.10 Å². The fraction of sp³-hybridized carbons (Fsp3) is 0.800. The van der Waals surface area contributed by atoms with Crippen LogP contribution in [0.3, 0.4) is 0 Å². The van der Waals surface area contributed by atoms with E-state index in [-0.39, 0.29) is 28.8 Å². The minimum absolute atomic E-state index is 0.107. The maximum atomic E-state index is 11.2. The highest BCUT2D eigenvalue weighted by Crippen LogP contribution is 2.31. The highest BCUT2D eigenvalue weighted by atomic mass is 16.5. The number of allylic oxidation sites excluding steroid dienone is 1. The molecule has 2 atom stereocenters. The molecule has 1 unspecified atom stereocenters. The van der Waals surface area contributed by atoms with Crippen LogP contribution in [-0.2, 0) is 9.53 Å². The Morgan fingerprint density at radius 1 is 1.12 bits per heavy atom. The van der Waals surface area contributed by atoms with Crippen molar-refractivity contribution in [3.05, 3.63) is 12.2 Å². The van der Waals surface area contributed by atoms with Crippen molar-refractivity contribution >= 4 is 5.97 Å². The zero-order chi connectivity index (χ0) is 13.9. The van der Waals surface area contributed by atoms with E-state index in [1.54, 1.807) is 0 Å². The maximum Gasteiger partial charge on any atom is 0.303 e. The molecule has 0 saturated carbocycles. The smallest absolute Gasteiger partial charge is 0.303 e. The van der Waals surface area contributed by atoms with Crippen molar-refractivity contribution in [2.75, 3.05) is 0 Å². The lowest BCUT2D eigenvalue weighted by atomic mass is 9.78. The van der Waals surface area contributed by atoms with Crippen LogP contribution < -0.4 is 0 Å². The van der Waals surface area contributed by atoms with Gasteiger partial charge in [0, 0.05) is 12.8 Å². The molecule has 0 fully saturated rings. The van der Waals surface area contributed by atoms with Gasteiger partial charge in [0.25, 0.3) is 0 Å². The Balaban J connectivity index is 4.89. The van der Waals surface area contributed by atoms with Crippen LogP contribution in [0.25, 0.3) is 0 Å². The summed E-state index contributed by atoms with van der Waals surface area (Å²) in [7, 11) is 0. The average molecular weight is 240 g/mol. The molecule has 0 aliphatic rings. The molecule has 0 spiro atoms. The van der Waals surface area contributed by atoms with Gasteiger partial charge < -0.3 is 4.74 Å². The lowest BCUT2D eigenvalue weighted by Gasteiger charge is -2.32. The van der Waals surface area contributed by atoms with Crippen molar-refractivity contribution < 1.29 is 9.53 Å². The number of ether oxygens (including phenoxy) is 1. The standard InChI is InChI=1S/C15H28O2/c1-11(15(6,7)8)13(17-12(2)16)9-10-14(3,4)5/h9-11,13H,1-8H3/t11-,13?/m0/s1. The van der Waals surface area contributed by atoms with Crippen molar-refractivity contribution in [1.82, 2.24) is 0 Å². The summed E-state index contributed by atoms with van der Waals surface area (Å²) in [5.74, 6) is 0.0645. The van der Waals surface area contributed by atoms with E-state index >= 15 is 0 Å². The minimum Gasteiger partial charge on any atom is -0.458 e. The molecule has 0 aliphatic carbocycles.